The molecule has 3 nitrogen and oxygen atoms in total. The molecule has 0 atom stereocenters. The zero-order chi connectivity index (χ0) is 12.1. The first kappa shape index (κ1) is 13.3. The first-order valence-electron chi connectivity index (χ1n) is 5.18. The molecule has 88 valence electrons. The van der Waals surface area contributed by atoms with Crippen LogP contribution in [0.5, 0.6) is 5.75 Å². The lowest BCUT2D eigenvalue weighted by Crippen LogP contribution is -2.08. The summed E-state index contributed by atoms with van der Waals surface area (Å²) in [6.07, 6.45) is 1.13. The molecule has 0 aromatic heterocycles. The summed E-state index contributed by atoms with van der Waals surface area (Å²) in [5.41, 5.74) is 2.06. The summed E-state index contributed by atoms with van der Waals surface area (Å²) in [5.74, 6) is 0.264. The van der Waals surface area contributed by atoms with Crippen LogP contribution < -0.4 is 4.89 Å². The van der Waals surface area contributed by atoms with Gasteiger partial charge in [0.25, 0.3) is 0 Å². The first-order valence-corrected chi connectivity index (χ1v) is 6.26. The second-order valence-corrected chi connectivity index (χ2v) is 4.82. The maximum Gasteiger partial charge on any atom is 0.355 e. The molecule has 16 heavy (non-hydrogen) atoms. The Morgan fingerprint density at radius 2 is 2.00 bits per heavy atom. The van der Waals surface area contributed by atoms with E-state index in [1.165, 1.54) is 3.57 Å². The molecule has 0 radical (unpaired) electrons. The number of carbonyl (C=O) groups excluding carboxylic acids is 1. The van der Waals surface area contributed by atoms with Gasteiger partial charge in [-0.3, -0.25) is 9.78 Å². The van der Waals surface area contributed by atoms with Crippen LogP contribution in [-0.4, -0.2) is 5.97 Å². The Morgan fingerprint density at radius 1 is 1.31 bits per heavy atom. The molecule has 0 spiro atoms. The molecule has 0 heterocycles. The van der Waals surface area contributed by atoms with Crippen LogP contribution in [0.2, 0.25) is 0 Å². The van der Waals surface area contributed by atoms with Crippen molar-refractivity contribution in [2.75, 3.05) is 0 Å². The van der Waals surface area contributed by atoms with Crippen molar-refractivity contribution in [1.82, 2.24) is 0 Å². The fourth-order valence-corrected chi connectivity index (χ4v) is 1.80. The summed E-state index contributed by atoms with van der Waals surface area (Å²) in [4.78, 5) is 20.9. The molecule has 0 aliphatic heterocycles. The van der Waals surface area contributed by atoms with Crippen LogP contribution >= 0.6 is 22.6 Å². The summed E-state index contributed by atoms with van der Waals surface area (Å²) < 4.78 is 1.17. The van der Waals surface area contributed by atoms with Crippen molar-refractivity contribution in [3.63, 3.8) is 0 Å². The van der Waals surface area contributed by atoms with Gasteiger partial charge in [-0.2, -0.15) is 0 Å². The highest BCUT2D eigenvalue weighted by atomic mass is 127. The van der Waals surface area contributed by atoms with Crippen molar-refractivity contribution in [2.45, 2.75) is 33.6 Å². The molecule has 0 amide bonds. The minimum atomic E-state index is -0.335. The van der Waals surface area contributed by atoms with Crippen LogP contribution in [-0.2, 0) is 9.68 Å². The molecule has 1 rings (SSSR count). The number of benzene rings is 1. The Hall–Kier alpha value is -0.780. The van der Waals surface area contributed by atoms with Crippen molar-refractivity contribution in [2.24, 2.45) is 0 Å². The molecule has 0 aliphatic carbocycles. The Balaban J connectivity index is 2.67. The molecular weight excluding hydrogens is 319 g/mol. The van der Waals surface area contributed by atoms with Gasteiger partial charge >= 0.3 is 5.97 Å². The van der Waals surface area contributed by atoms with Gasteiger partial charge in [0.1, 0.15) is 0 Å². The van der Waals surface area contributed by atoms with E-state index in [0.29, 0.717) is 12.2 Å². The number of hydrogen-bond acceptors (Lipinski definition) is 3. The van der Waals surface area contributed by atoms with Gasteiger partial charge in [0.15, 0.2) is 5.75 Å². The van der Waals surface area contributed by atoms with Crippen molar-refractivity contribution >= 4 is 28.6 Å². The molecule has 4 heteroatoms. The Kier molecular flexibility index (Phi) is 5.05. The van der Waals surface area contributed by atoms with Crippen molar-refractivity contribution in [1.29, 1.82) is 0 Å². The second kappa shape index (κ2) is 6.08. The molecule has 0 unspecified atom stereocenters. The highest BCUT2D eigenvalue weighted by Gasteiger charge is 2.08. The number of hydrogen-bond donors (Lipinski definition) is 0. The maximum atomic E-state index is 11.1. The van der Waals surface area contributed by atoms with Crippen molar-refractivity contribution in [3.05, 3.63) is 26.8 Å². The summed E-state index contributed by atoms with van der Waals surface area (Å²) in [7, 11) is 0. The standard InChI is InChI=1S/C12H15IO3/c1-4-5-12(14)16-15-11-7-8(2)10(13)6-9(11)3/h6-7H,4-5H2,1-3H3. The van der Waals surface area contributed by atoms with Gasteiger partial charge in [-0.1, -0.05) is 6.92 Å². The SMILES string of the molecule is CCCC(=O)OOc1cc(C)c(I)cc1C. The van der Waals surface area contributed by atoms with E-state index in [1.807, 2.05) is 32.9 Å². The third kappa shape index (κ3) is 3.66. The van der Waals surface area contributed by atoms with Crippen LogP contribution in [0.4, 0.5) is 0 Å². The average molecular weight is 334 g/mol. The molecule has 0 fully saturated rings. The molecule has 0 saturated carbocycles. The number of carbonyl (C=O) groups is 1. The minimum absolute atomic E-state index is 0.335. The molecule has 1 aromatic rings. The Labute approximate surface area is 109 Å². The predicted octanol–water partition coefficient (Wildman–Crippen LogP) is 3.55. The van der Waals surface area contributed by atoms with Crippen LogP contribution in [0, 0.1) is 17.4 Å². The molecule has 0 aliphatic rings. The number of halogens is 1. The zero-order valence-corrected chi connectivity index (χ0v) is 11.8. The number of aryl methyl sites for hydroxylation is 2. The molecule has 0 bridgehead atoms. The van der Waals surface area contributed by atoms with Gasteiger partial charge in [0.2, 0.25) is 0 Å². The van der Waals surface area contributed by atoms with E-state index >= 15 is 0 Å². The largest absolute Gasteiger partial charge is 0.355 e. The predicted molar refractivity (Wildman–Crippen MR) is 70.3 cm³/mol. The quantitative estimate of drug-likeness (QED) is 0.480. The fraction of sp³-hybridized carbons (Fsp3) is 0.417. The second-order valence-electron chi connectivity index (χ2n) is 3.66. The van der Waals surface area contributed by atoms with E-state index in [9.17, 15) is 4.79 Å². The topological polar surface area (TPSA) is 35.5 Å². The molecule has 0 N–H and O–H groups in total. The van der Waals surface area contributed by atoms with Gasteiger partial charge in [-0.15, -0.1) is 0 Å². The third-order valence-corrected chi connectivity index (χ3v) is 3.30. The monoisotopic (exact) mass is 334 g/mol. The van der Waals surface area contributed by atoms with E-state index in [2.05, 4.69) is 22.6 Å². The van der Waals surface area contributed by atoms with E-state index in [0.717, 1.165) is 17.5 Å². The first-order chi connectivity index (χ1) is 7.54. The maximum absolute atomic E-state index is 11.1. The van der Waals surface area contributed by atoms with Crippen LogP contribution in [0.1, 0.15) is 30.9 Å². The Bertz CT molecular complexity index is 388. The van der Waals surface area contributed by atoms with Crippen molar-refractivity contribution in [3.8, 4) is 5.75 Å². The summed E-state index contributed by atoms with van der Waals surface area (Å²) >= 11 is 2.26. The summed E-state index contributed by atoms with van der Waals surface area (Å²) in [5, 5.41) is 0. The molecule has 1 aromatic carbocycles. The summed E-state index contributed by atoms with van der Waals surface area (Å²) in [6, 6.07) is 3.87. The van der Waals surface area contributed by atoms with Gasteiger partial charge in [0.05, 0.1) is 0 Å². The van der Waals surface area contributed by atoms with Crippen LogP contribution in [0.25, 0.3) is 0 Å². The normalized spacial score (nSPS) is 10.0. The van der Waals surface area contributed by atoms with Gasteiger partial charge in [-0.05, 0) is 66.1 Å². The molecule has 0 saturated heterocycles. The van der Waals surface area contributed by atoms with Crippen molar-refractivity contribution < 1.29 is 14.6 Å². The van der Waals surface area contributed by atoms with Crippen LogP contribution in [0.3, 0.4) is 0 Å². The van der Waals surface area contributed by atoms with E-state index in [1.54, 1.807) is 0 Å². The van der Waals surface area contributed by atoms with Gasteiger partial charge < -0.3 is 0 Å². The zero-order valence-electron chi connectivity index (χ0n) is 9.67. The Morgan fingerprint density at radius 3 is 2.62 bits per heavy atom. The lowest BCUT2D eigenvalue weighted by molar-refractivity contribution is -0.214. The van der Waals surface area contributed by atoms with E-state index in [-0.39, 0.29) is 5.97 Å². The fourth-order valence-electron chi connectivity index (χ4n) is 1.18. The number of rotatable bonds is 4. The average Bonchev–Trinajstić information content (AvgIpc) is 2.22. The highest BCUT2D eigenvalue weighted by molar-refractivity contribution is 14.1. The minimum Gasteiger partial charge on any atom is -0.287 e. The lowest BCUT2D eigenvalue weighted by atomic mass is 10.1. The summed E-state index contributed by atoms with van der Waals surface area (Å²) in [6.45, 7) is 5.83. The lowest BCUT2D eigenvalue weighted by Gasteiger charge is -2.08. The van der Waals surface area contributed by atoms with E-state index in [4.69, 9.17) is 9.78 Å². The molecular formula is C12H15IO3. The smallest absolute Gasteiger partial charge is 0.287 e. The third-order valence-electron chi connectivity index (χ3n) is 2.13. The van der Waals surface area contributed by atoms with Crippen LogP contribution in [0.15, 0.2) is 12.1 Å². The van der Waals surface area contributed by atoms with Gasteiger partial charge in [-0.25, -0.2) is 4.79 Å². The van der Waals surface area contributed by atoms with E-state index < -0.39 is 0 Å². The van der Waals surface area contributed by atoms with Gasteiger partial charge in [0, 0.05) is 9.99 Å². The highest BCUT2D eigenvalue weighted by Crippen LogP contribution is 2.24.